The first-order valence-corrected chi connectivity index (χ1v) is 8.40. The van der Waals surface area contributed by atoms with E-state index in [1.165, 1.54) is 25.7 Å². The van der Waals surface area contributed by atoms with Gasteiger partial charge in [-0.15, -0.1) is 0 Å². The smallest absolute Gasteiger partial charge is 0.419 e. The third-order valence-electron chi connectivity index (χ3n) is 5.20. The molecule has 3 saturated heterocycles. The second-order valence-corrected chi connectivity index (χ2v) is 7.15. The van der Waals surface area contributed by atoms with Crippen molar-refractivity contribution in [2.45, 2.75) is 57.5 Å². The Morgan fingerprint density at radius 3 is 2.91 bits per heavy atom. The highest BCUT2D eigenvalue weighted by molar-refractivity contribution is 5.88. The van der Waals surface area contributed by atoms with Crippen molar-refractivity contribution in [1.82, 2.24) is 9.80 Å². The lowest BCUT2D eigenvalue weighted by Crippen LogP contribution is -2.45. The molecule has 3 fully saturated rings. The van der Waals surface area contributed by atoms with E-state index in [2.05, 4.69) is 18.7 Å². The third-order valence-corrected chi connectivity index (χ3v) is 5.20. The number of hydrogen-bond acceptors (Lipinski definition) is 5. The molecule has 0 N–H and O–H groups in total. The number of amides is 2. The molecule has 2 amide bonds. The first kappa shape index (κ1) is 15.6. The quantitative estimate of drug-likeness (QED) is 0.799. The molecule has 6 heteroatoms. The predicted molar refractivity (Wildman–Crippen MR) is 80.6 cm³/mol. The molecule has 2 atom stereocenters. The number of fused-ring (bicyclic) bond motifs is 1. The molecule has 0 aromatic carbocycles. The van der Waals surface area contributed by atoms with Crippen LogP contribution in [0, 0.1) is 5.92 Å². The standard InChI is InChI=1S/C16H26N2O4/c1-12(2)10-16-5-3-7-18(16)13(4-6-16)11-22-15(20)17-8-9-21-14(17)19/h12-13H,3-11H2,1-2H3/t13-,16-/m1/s1. The Kier molecular flexibility index (Phi) is 4.30. The fraction of sp³-hybridized carbons (Fsp3) is 0.875. The maximum Gasteiger partial charge on any atom is 0.419 e. The number of rotatable bonds is 4. The molecule has 0 aromatic heterocycles. The summed E-state index contributed by atoms with van der Waals surface area (Å²) in [5.74, 6) is 0.682. The van der Waals surface area contributed by atoms with Crippen molar-refractivity contribution in [3.05, 3.63) is 0 Å². The number of carbonyl (C=O) groups excluding carboxylic acids is 2. The maximum absolute atomic E-state index is 11.9. The molecule has 0 spiro atoms. The first-order chi connectivity index (χ1) is 10.5. The van der Waals surface area contributed by atoms with E-state index in [9.17, 15) is 9.59 Å². The summed E-state index contributed by atoms with van der Waals surface area (Å²) >= 11 is 0. The molecule has 22 heavy (non-hydrogen) atoms. The molecule has 0 radical (unpaired) electrons. The second kappa shape index (κ2) is 6.07. The second-order valence-electron chi connectivity index (χ2n) is 7.15. The number of nitrogens with zero attached hydrogens (tertiary/aromatic N) is 2. The number of cyclic esters (lactones) is 1. The molecule has 0 bridgehead atoms. The molecule has 0 unspecified atom stereocenters. The van der Waals surface area contributed by atoms with Gasteiger partial charge in [0, 0.05) is 11.6 Å². The average molecular weight is 310 g/mol. The maximum atomic E-state index is 11.9. The SMILES string of the molecule is CC(C)C[C@]12CCCN1[C@@H](COC(=O)N1CCOC1=O)CC2. The van der Waals surface area contributed by atoms with Crippen LogP contribution < -0.4 is 0 Å². The highest BCUT2D eigenvalue weighted by Crippen LogP contribution is 2.46. The average Bonchev–Trinajstić information content (AvgIpc) is 3.11. The van der Waals surface area contributed by atoms with Gasteiger partial charge < -0.3 is 9.47 Å². The topological polar surface area (TPSA) is 59.1 Å². The Morgan fingerprint density at radius 1 is 1.41 bits per heavy atom. The van der Waals surface area contributed by atoms with Gasteiger partial charge in [0.25, 0.3) is 0 Å². The lowest BCUT2D eigenvalue weighted by molar-refractivity contribution is 0.0614. The van der Waals surface area contributed by atoms with Crippen molar-refractivity contribution < 1.29 is 19.1 Å². The van der Waals surface area contributed by atoms with Crippen LogP contribution in [0.2, 0.25) is 0 Å². The van der Waals surface area contributed by atoms with E-state index in [0.29, 0.717) is 30.7 Å². The van der Waals surface area contributed by atoms with Gasteiger partial charge in [0.15, 0.2) is 0 Å². The molecule has 3 aliphatic rings. The molecular weight excluding hydrogens is 284 g/mol. The molecular formula is C16H26N2O4. The minimum absolute atomic E-state index is 0.265. The van der Waals surface area contributed by atoms with Gasteiger partial charge >= 0.3 is 12.2 Å². The van der Waals surface area contributed by atoms with Crippen molar-refractivity contribution in [2.75, 3.05) is 26.3 Å². The van der Waals surface area contributed by atoms with Gasteiger partial charge in [0.2, 0.25) is 0 Å². The fourth-order valence-electron chi connectivity index (χ4n) is 4.45. The summed E-state index contributed by atoms with van der Waals surface area (Å²) in [5.41, 5.74) is 0.317. The van der Waals surface area contributed by atoms with Crippen molar-refractivity contribution >= 4 is 12.2 Å². The van der Waals surface area contributed by atoms with Crippen molar-refractivity contribution in [3.8, 4) is 0 Å². The van der Waals surface area contributed by atoms with Crippen LogP contribution in [0.15, 0.2) is 0 Å². The first-order valence-electron chi connectivity index (χ1n) is 8.40. The van der Waals surface area contributed by atoms with E-state index < -0.39 is 12.2 Å². The molecule has 3 aliphatic heterocycles. The molecule has 3 heterocycles. The Bertz CT molecular complexity index is 453. The fourth-order valence-corrected chi connectivity index (χ4v) is 4.45. The monoisotopic (exact) mass is 310 g/mol. The van der Waals surface area contributed by atoms with E-state index in [1.54, 1.807) is 0 Å². The summed E-state index contributed by atoms with van der Waals surface area (Å²) in [7, 11) is 0. The Hall–Kier alpha value is -1.30. The molecule has 0 aromatic rings. The number of ether oxygens (including phenoxy) is 2. The zero-order chi connectivity index (χ0) is 15.7. The highest BCUT2D eigenvalue weighted by atomic mass is 16.6. The van der Waals surface area contributed by atoms with Crippen molar-refractivity contribution in [1.29, 1.82) is 0 Å². The molecule has 6 nitrogen and oxygen atoms in total. The minimum Gasteiger partial charge on any atom is -0.447 e. The lowest BCUT2D eigenvalue weighted by Gasteiger charge is -2.36. The van der Waals surface area contributed by atoms with Crippen molar-refractivity contribution in [3.63, 3.8) is 0 Å². The van der Waals surface area contributed by atoms with Gasteiger partial charge in [0.05, 0.1) is 6.54 Å². The van der Waals surface area contributed by atoms with E-state index in [-0.39, 0.29) is 6.61 Å². The van der Waals surface area contributed by atoms with Crippen LogP contribution in [0.1, 0.15) is 46.0 Å². The molecule has 3 rings (SSSR count). The minimum atomic E-state index is -0.591. The van der Waals surface area contributed by atoms with Crippen LogP contribution in [0.4, 0.5) is 9.59 Å². The van der Waals surface area contributed by atoms with Gasteiger partial charge in [-0.25, -0.2) is 14.5 Å². The van der Waals surface area contributed by atoms with E-state index in [1.807, 2.05) is 0 Å². The van der Waals surface area contributed by atoms with E-state index in [4.69, 9.17) is 9.47 Å². The highest BCUT2D eigenvalue weighted by Gasteiger charge is 2.49. The van der Waals surface area contributed by atoms with Crippen LogP contribution in [0.25, 0.3) is 0 Å². The number of imide groups is 1. The van der Waals surface area contributed by atoms with Gasteiger partial charge in [-0.05, 0) is 44.6 Å². The third kappa shape index (κ3) is 2.81. The number of hydrogen-bond donors (Lipinski definition) is 0. The van der Waals surface area contributed by atoms with Gasteiger partial charge in [-0.2, -0.15) is 0 Å². The zero-order valence-electron chi connectivity index (χ0n) is 13.5. The largest absolute Gasteiger partial charge is 0.447 e. The van der Waals surface area contributed by atoms with E-state index >= 15 is 0 Å². The van der Waals surface area contributed by atoms with Crippen LogP contribution in [0.5, 0.6) is 0 Å². The Morgan fingerprint density at radius 2 is 2.23 bits per heavy atom. The molecule has 124 valence electrons. The summed E-state index contributed by atoms with van der Waals surface area (Å²) in [6.07, 6.45) is 4.82. The molecule has 0 saturated carbocycles. The molecule has 0 aliphatic carbocycles. The lowest BCUT2D eigenvalue weighted by atomic mass is 9.85. The number of carbonyl (C=O) groups is 2. The zero-order valence-corrected chi connectivity index (χ0v) is 13.5. The summed E-state index contributed by atoms with van der Waals surface area (Å²) in [6, 6.07) is 0.295. The van der Waals surface area contributed by atoms with Gasteiger partial charge in [-0.1, -0.05) is 13.8 Å². The van der Waals surface area contributed by atoms with Crippen LogP contribution in [0.3, 0.4) is 0 Å². The van der Waals surface area contributed by atoms with Crippen LogP contribution in [-0.2, 0) is 9.47 Å². The van der Waals surface area contributed by atoms with Crippen LogP contribution >= 0.6 is 0 Å². The summed E-state index contributed by atoms with van der Waals surface area (Å²) < 4.78 is 10.1. The summed E-state index contributed by atoms with van der Waals surface area (Å²) in [6.45, 7) is 6.59. The predicted octanol–water partition coefficient (Wildman–Crippen LogP) is 2.62. The van der Waals surface area contributed by atoms with Crippen molar-refractivity contribution in [2.24, 2.45) is 5.92 Å². The summed E-state index contributed by atoms with van der Waals surface area (Å²) in [4.78, 5) is 26.9. The van der Waals surface area contributed by atoms with Gasteiger partial charge in [0.1, 0.15) is 13.2 Å². The van der Waals surface area contributed by atoms with E-state index in [0.717, 1.165) is 17.9 Å². The summed E-state index contributed by atoms with van der Waals surface area (Å²) in [5, 5.41) is 0. The van der Waals surface area contributed by atoms with Gasteiger partial charge in [-0.3, -0.25) is 4.90 Å². The Labute approximate surface area is 131 Å². The van der Waals surface area contributed by atoms with Crippen LogP contribution in [-0.4, -0.2) is 59.9 Å². The normalized spacial score (nSPS) is 31.7. The Balaban J connectivity index is 1.55.